The molecule has 1 atom stereocenters. The van der Waals surface area contributed by atoms with Gasteiger partial charge in [0.05, 0.1) is 19.8 Å². The normalized spacial score (nSPS) is 11.7. The molecule has 29 heavy (non-hydrogen) atoms. The number of rotatable bonds is 7. The summed E-state index contributed by atoms with van der Waals surface area (Å²) in [7, 11) is 6.59. The van der Waals surface area contributed by atoms with E-state index in [4.69, 9.17) is 15.3 Å². The summed E-state index contributed by atoms with van der Waals surface area (Å²) in [6.07, 6.45) is 0. The number of thioether (sulfide) groups is 1. The zero-order valence-electron chi connectivity index (χ0n) is 16.7. The lowest BCUT2D eigenvalue weighted by Gasteiger charge is -2.20. The second-order valence-electron chi connectivity index (χ2n) is 6.38. The van der Waals surface area contributed by atoms with E-state index in [9.17, 15) is 4.79 Å². The van der Waals surface area contributed by atoms with Crippen LogP contribution in [0.25, 0.3) is 11.4 Å². The van der Waals surface area contributed by atoms with Gasteiger partial charge in [-0.2, -0.15) is 0 Å². The van der Waals surface area contributed by atoms with Crippen molar-refractivity contribution in [2.24, 2.45) is 0 Å². The Balaban J connectivity index is 1.97. The number of hydrogen-bond donors (Lipinski definition) is 1. The molecule has 1 heterocycles. The third kappa shape index (κ3) is 4.29. The molecule has 1 unspecified atom stereocenters. The summed E-state index contributed by atoms with van der Waals surface area (Å²) < 4.78 is 12.0. The summed E-state index contributed by atoms with van der Waals surface area (Å²) in [4.78, 5) is 14.3. The van der Waals surface area contributed by atoms with E-state index in [2.05, 4.69) is 10.2 Å². The van der Waals surface area contributed by atoms with Crippen molar-refractivity contribution >= 4 is 17.7 Å². The Morgan fingerprint density at radius 3 is 2.45 bits per heavy atom. The highest BCUT2D eigenvalue weighted by atomic mass is 32.2. The molecule has 0 saturated carbocycles. The quantitative estimate of drug-likeness (QED) is 0.470. The maximum absolute atomic E-state index is 12.8. The van der Waals surface area contributed by atoms with Crippen LogP contribution in [0.15, 0.2) is 53.7 Å². The van der Waals surface area contributed by atoms with Gasteiger partial charge in [0.1, 0.15) is 16.7 Å². The first-order valence-electron chi connectivity index (χ1n) is 8.82. The number of methoxy groups -OCH3 is 2. The lowest BCUT2D eigenvalue weighted by atomic mass is 10.1. The Kier molecular flexibility index (Phi) is 6.28. The SMILES string of the molecule is COc1ccc(-c2nnc(SC(C(=O)N(C)C)c3ccccc3)n2N)c(OC)c1. The van der Waals surface area contributed by atoms with Gasteiger partial charge in [-0.05, 0) is 17.7 Å². The van der Waals surface area contributed by atoms with Crippen LogP contribution in [0.1, 0.15) is 10.8 Å². The van der Waals surface area contributed by atoms with Crippen molar-refractivity contribution in [3.63, 3.8) is 0 Å². The Morgan fingerprint density at radius 1 is 1.10 bits per heavy atom. The van der Waals surface area contributed by atoms with Crippen molar-refractivity contribution in [2.75, 3.05) is 34.2 Å². The second kappa shape index (κ2) is 8.87. The fraction of sp³-hybridized carbons (Fsp3) is 0.250. The molecule has 0 aliphatic carbocycles. The average molecular weight is 414 g/mol. The minimum absolute atomic E-state index is 0.0622. The summed E-state index contributed by atoms with van der Waals surface area (Å²) in [6.45, 7) is 0. The predicted molar refractivity (Wildman–Crippen MR) is 112 cm³/mol. The van der Waals surface area contributed by atoms with Crippen LogP contribution >= 0.6 is 11.8 Å². The Labute approximate surface area is 173 Å². The highest BCUT2D eigenvalue weighted by Gasteiger charge is 2.27. The molecule has 2 aromatic carbocycles. The number of aromatic nitrogens is 3. The highest BCUT2D eigenvalue weighted by molar-refractivity contribution is 8.00. The number of ether oxygens (including phenoxy) is 2. The first-order chi connectivity index (χ1) is 14.0. The van der Waals surface area contributed by atoms with Gasteiger partial charge in [-0.1, -0.05) is 42.1 Å². The molecule has 0 radical (unpaired) electrons. The Hall–Kier alpha value is -3.20. The number of amides is 1. The van der Waals surface area contributed by atoms with Gasteiger partial charge in [-0.15, -0.1) is 10.2 Å². The van der Waals surface area contributed by atoms with Crippen LogP contribution in [0.5, 0.6) is 11.5 Å². The molecule has 1 amide bonds. The molecule has 0 spiro atoms. The maximum Gasteiger partial charge on any atom is 0.240 e. The van der Waals surface area contributed by atoms with Gasteiger partial charge in [0.25, 0.3) is 0 Å². The molecule has 0 aliphatic heterocycles. The summed E-state index contributed by atoms with van der Waals surface area (Å²) in [5.74, 6) is 7.87. The summed E-state index contributed by atoms with van der Waals surface area (Å²) in [5, 5.41) is 8.35. The monoisotopic (exact) mass is 413 g/mol. The van der Waals surface area contributed by atoms with Gasteiger partial charge in [0, 0.05) is 20.2 Å². The highest BCUT2D eigenvalue weighted by Crippen LogP contribution is 2.38. The molecular formula is C20H23N5O3S. The van der Waals surface area contributed by atoms with Gasteiger partial charge >= 0.3 is 0 Å². The molecule has 2 N–H and O–H groups in total. The standard InChI is InChI=1S/C20H23N5O3S/c1-24(2)19(26)17(13-8-6-5-7-9-13)29-20-23-22-18(25(20)21)15-11-10-14(27-3)12-16(15)28-4/h5-12,17H,21H2,1-4H3. The van der Waals surface area contributed by atoms with Crippen LogP contribution in [0.2, 0.25) is 0 Å². The largest absolute Gasteiger partial charge is 0.497 e. The Morgan fingerprint density at radius 2 is 1.83 bits per heavy atom. The minimum Gasteiger partial charge on any atom is -0.497 e. The van der Waals surface area contributed by atoms with Gasteiger partial charge in [-0.25, -0.2) is 4.68 Å². The van der Waals surface area contributed by atoms with Crippen LogP contribution in [-0.2, 0) is 4.79 Å². The zero-order valence-corrected chi connectivity index (χ0v) is 17.5. The average Bonchev–Trinajstić information content (AvgIpc) is 3.11. The molecule has 9 heteroatoms. The third-order valence-corrected chi connectivity index (χ3v) is 5.50. The number of hydrogen-bond acceptors (Lipinski definition) is 7. The van der Waals surface area contributed by atoms with Crippen molar-refractivity contribution < 1.29 is 14.3 Å². The van der Waals surface area contributed by atoms with E-state index in [-0.39, 0.29) is 5.91 Å². The lowest BCUT2D eigenvalue weighted by Crippen LogP contribution is -2.27. The third-order valence-electron chi connectivity index (χ3n) is 4.30. The fourth-order valence-electron chi connectivity index (χ4n) is 2.75. The number of likely N-dealkylation sites (N-methyl/N-ethyl adjacent to an activating group) is 1. The van der Waals surface area contributed by atoms with Gasteiger partial charge in [0.2, 0.25) is 11.1 Å². The molecule has 0 saturated heterocycles. The van der Waals surface area contributed by atoms with Crippen LogP contribution in [0.3, 0.4) is 0 Å². The number of carbonyl (C=O) groups is 1. The molecule has 0 aliphatic rings. The summed E-state index contributed by atoms with van der Waals surface area (Å²) in [5.41, 5.74) is 1.54. The van der Waals surface area contributed by atoms with E-state index in [0.29, 0.717) is 28.0 Å². The number of benzene rings is 2. The second-order valence-corrected chi connectivity index (χ2v) is 7.46. The van der Waals surface area contributed by atoms with E-state index < -0.39 is 5.25 Å². The van der Waals surface area contributed by atoms with Crippen LogP contribution in [0, 0.1) is 0 Å². The van der Waals surface area contributed by atoms with E-state index in [0.717, 1.165) is 5.56 Å². The molecule has 0 bridgehead atoms. The summed E-state index contributed by atoms with van der Waals surface area (Å²) in [6, 6.07) is 14.9. The Bertz CT molecular complexity index is 991. The number of carbonyl (C=O) groups excluding carboxylic acids is 1. The smallest absolute Gasteiger partial charge is 0.240 e. The van der Waals surface area contributed by atoms with Gasteiger partial charge in [-0.3, -0.25) is 4.79 Å². The van der Waals surface area contributed by atoms with E-state index >= 15 is 0 Å². The van der Waals surface area contributed by atoms with E-state index in [1.54, 1.807) is 51.4 Å². The van der Waals surface area contributed by atoms with E-state index in [1.807, 2.05) is 30.3 Å². The number of nitrogen functional groups attached to an aromatic ring is 1. The van der Waals surface area contributed by atoms with Crippen molar-refractivity contribution in [2.45, 2.75) is 10.4 Å². The zero-order chi connectivity index (χ0) is 21.0. The molecule has 1 aromatic heterocycles. The first kappa shape index (κ1) is 20.5. The van der Waals surface area contributed by atoms with Crippen LogP contribution in [-0.4, -0.2) is 54.0 Å². The molecular weight excluding hydrogens is 390 g/mol. The van der Waals surface area contributed by atoms with Crippen LogP contribution < -0.4 is 15.3 Å². The molecule has 3 aromatic rings. The van der Waals surface area contributed by atoms with Crippen molar-refractivity contribution in [1.82, 2.24) is 19.8 Å². The maximum atomic E-state index is 12.8. The van der Waals surface area contributed by atoms with Crippen molar-refractivity contribution in [3.8, 4) is 22.9 Å². The van der Waals surface area contributed by atoms with Gasteiger partial charge in [0.15, 0.2) is 5.82 Å². The number of nitrogens with two attached hydrogens (primary N) is 1. The molecule has 0 fully saturated rings. The topological polar surface area (TPSA) is 95.5 Å². The predicted octanol–water partition coefficient (Wildman–Crippen LogP) is 2.60. The van der Waals surface area contributed by atoms with Crippen molar-refractivity contribution in [3.05, 3.63) is 54.1 Å². The minimum atomic E-state index is -0.497. The van der Waals surface area contributed by atoms with E-state index in [1.165, 1.54) is 16.4 Å². The lowest BCUT2D eigenvalue weighted by molar-refractivity contribution is -0.128. The molecule has 8 nitrogen and oxygen atoms in total. The molecule has 152 valence electrons. The summed E-state index contributed by atoms with van der Waals surface area (Å²) >= 11 is 1.25. The van der Waals surface area contributed by atoms with Crippen molar-refractivity contribution in [1.29, 1.82) is 0 Å². The van der Waals surface area contributed by atoms with Crippen LogP contribution in [0.4, 0.5) is 0 Å². The molecule has 3 rings (SSSR count). The fourth-order valence-corrected chi connectivity index (χ4v) is 3.86. The van der Waals surface area contributed by atoms with Gasteiger partial charge < -0.3 is 20.2 Å². The first-order valence-corrected chi connectivity index (χ1v) is 9.70. The number of nitrogens with zero attached hydrogens (tertiary/aromatic N) is 4.